The first-order valence-corrected chi connectivity index (χ1v) is 32.4. The number of nitrogens with zero attached hydrogens (tertiary/aromatic N) is 1. The first-order chi connectivity index (χ1) is 46.3. The lowest BCUT2D eigenvalue weighted by atomic mass is 9.94. The average molecular weight is 1410 g/mol. The number of Topliss-reactive ketones (excluding diaryl/α,β-unsaturated/α-hetero) is 7. The van der Waals surface area contributed by atoms with Crippen LogP contribution in [0.3, 0.4) is 0 Å². The molecule has 4 aromatic rings. The van der Waals surface area contributed by atoms with Crippen LogP contribution in [0.25, 0.3) is 0 Å². The van der Waals surface area contributed by atoms with Gasteiger partial charge in [-0.1, -0.05) is 127 Å². The Labute approximate surface area is 581 Å². The number of halogens is 2. The van der Waals surface area contributed by atoms with Crippen LogP contribution in [-0.4, -0.2) is 156 Å². The SMILES string of the molecule is CC(C)C(=O)C1CCC(N)C1.CC(C)C(=O)[C@@H]1CCCN1C(=O)CN.CC(C)C(=O)c1cc(F)c(F)cc1C(=O)O.CC(C)C(=O)c1ccc(C(=O)O)cc1C(=O)O.CC(C)C(=O)c1cccc(O)c1C(=O)O.CC(C)C(=O)c1ccccc1C(=O)O.COC(=O)[C@@H](N)CCC(=O)C(C)C. The average Bonchev–Trinajstić information content (AvgIpc) is 1.07. The molecule has 1 amide bonds. The summed E-state index contributed by atoms with van der Waals surface area (Å²) in [6, 6.07) is 14.4. The van der Waals surface area contributed by atoms with E-state index in [1.54, 1.807) is 78.5 Å². The van der Waals surface area contributed by atoms with Crippen LogP contribution in [-0.2, 0) is 28.7 Å². The van der Waals surface area contributed by atoms with Crippen LogP contribution < -0.4 is 17.2 Å². The Kier molecular flexibility index (Phi) is 39.5. The molecule has 2 fully saturated rings. The topological polar surface area (TPSA) is 451 Å². The molecule has 0 radical (unpaired) electrons. The van der Waals surface area contributed by atoms with Gasteiger partial charge in [-0.2, -0.15) is 0 Å². The van der Waals surface area contributed by atoms with E-state index in [1.165, 1.54) is 43.5 Å². The van der Waals surface area contributed by atoms with E-state index in [4.69, 9.17) is 42.7 Å². The summed E-state index contributed by atoms with van der Waals surface area (Å²) in [4.78, 5) is 159. The Bertz CT molecular complexity index is 3560. The van der Waals surface area contributed by atoms with E-state index < -0.39 is 70.8 Å². The molecule has 2 unspecified atom stereocenters. The minimum Gasteiger partial charge on any atom is -0.507 e. The lowest BCUT2D eigenvalue weighted by Gasteiger charge is -2.24. The number of likely N-dealkylation sites (tertiary alicyclic amines) is 1. The van der Waals surface area contributed by atoms with Gasteiger partial charge in [0.2, 0.25) is 5.91 Å². The van der Waals surface area contributed by atoms with Crippen LogP contribution in [0.1, 0.15) is 235 Å². The summed E-state index contributed by atoms with van der Waals surface area (Å²) in [6.07, 6.45) is 5.37. The highest BCUT2D eigenvalue weighted by molar-refractivity contribution is 6.10. The third kappa shape index (κ3) is 29.1. The predicted molar refractivity (Wildman–Crippen MR) is 367 cm³/mol. The van der Waals surface area contributed by atoms with E-state index in [0.717, 1.165) is 38.2 Å². The molecule has 1 heterocycles. The molecule has 2 aliphatic rings. The number of carbonyl (C=O) groups excluding carboxylic acids is 9. The molecule has 4 aromatic carbocycles. The second kappa shape index (κ2) is 43.7. The molecule has 1 saturated carbocycles. The Hall–Kier alpha value is -9.60. The van der Waals surface area contributed by atoms with Crippen LogP contribution in [0.15, 0.2) is 72.8 Å². The highest BCUT2D eigenvalue weighted by atomic mass is 19.2. The van der Waals surface area contributed by atoms with Crippen molar-refractivity contribution in [2.24, 2.45) is 64.5 Å². The third-order valence-corrected chi connectivity index (χ3v) is 15.3. The summed E-state index contributed by atoms with van der Waals surface area (Å²) in [7, 11) is 1.28. The number of nitrogens with two attached hydrogens (primary N) is 3. The fraction of sp³-hybridized carbons (Fsp3) is 0.479. The first-order valence-electron chi connectivity index (χ1n) is 32.4. The number of benzene rings is 4. The fourth-order valence-electron chi connectivity index (χ4n) is 9.56. The van der Waals surface area contributed by atoms with E-state index in [9.17, 15) is 81.0 Å². The maximum Gasteiger partial charge on any atom is 0.340 e. The highest BCUT2D eigenvalue weighted by Crippen LogP contribution is 2.28. The second-order valence-electron chi connectivity index (χ2n) is 25.5. The molecule has 27 heteroatoms. The van der Waals surface area contributed by atoms with Gasteiger partial charge in [0.05, 0.1) is 42.0 Å². The number of methoxy groups -OCH3 is 1. The third-order valence-electron chi connectivity index (χ3n) is 15.3. The van der Waals surface area contributed by atoms with Gasteiger partial charge >= 0.3 is 35.8 Å². The zero-order chi connectivity index (χ0) is 77.5. The fourth-order valence-corrected chi connectivity index (χ4v) is 9.56. The summed E-state index contributed by atoms with van der Waals surface area (Å²) in [6.45, 7) is 25.3. The van der Waals surface area contributed by atoms with Gasteiger partial charge in [0.15, 0.2) is 40.6 Å². The summed E-state index contributed by atoms with van der Waals surface area (Å²) >= 11 is 0. The number of ketones is 7. The molecule has 4 atom stereocenters. The van der Waals surface area contributed by atoms with Gasteiger partial charge in [0.25, 0.3) is 0 Å². The molecule has 6 rings (SSSR count). The number of hydrogen-bond acceptors (Lipinski definition) is 19. The van der Waals surface area contributed by atoms with Gasteiger partial charge in [-0.05, 0) is 81.0 Å². The Balaban J connectivity index is 0.00000115. The highest BCUT2D eigenvalue weighted by Gasteiger charge is 2.35. The lowest BCUT2D eigenvalue weighted by Crippen LogP contribution is -2.44. The van der Waals surface area contributed by atoms with Gasteiger partial charge in [0, 0.05) is 88.6 Å². The van der Waals surface area contributed by atoms with Gasteiger partial charge in [0.1, 0.15) is 28.9 Å². The molecule has 1 saturated heterocycles. The van der Waals surface area contributed by atoms with Gasteiger partial charge in [-0.25, -0.2) is 32.8 Å². The molecule has 1 aliphatic heterocycles. The van der Waals surface area contributed by atoms with Crippen LogP contribution in [0.4, 0.5) is 8.78 Å². The van der Waals surface area contributed by atoms with Crippen molar-refractivity contribution < 1.29 is 111 Å². The number of rotatable bonds is 23. The monoisotopic (exact) mass is 1400 g/mol. The molecule has 0 aromatic heterocycles. The molecule has 0 spiro atoms. The quantitative estimate of drug-likeness (QED) is 0.0246. The molecule has 12 N–H and O–H groups in total. The molecule has 1 aliphatic carbocycles. The first kappa shape index (κ1) is 90.4. The molecular weight excluding hydrogens is 1310 g/mol. The van der Waals surface area contributed by atoms with Crippen molar-refractivity contribution in [3.63, 3.8) is 0 Å². The number of amides is 1. The summed E-state index contributed by atoms with van der Waals surface area (Å²) in [5.41, 5.74) is 15.3. The number of hydrogen-bond donors (Lipinski definition) is 9. The number of carboxylic acids is 5. The Morgan fingerprint density at radius 3 is 1.36 bits per heavy atom. The molecular formula is C73H98F2N4O21. The van der Waals surface area contributed by atoms with Crippen molar-refractivity contribution in [1.29, 1.82) is 0 Å². The minimum atomic E-state index is -1.46. The normalized spacial score (nSPS) is 14.6. The van der Waals surface area contributed by atoms with Gasteiger partial charge in [-0.3, -0.25) is 43.2 Å². The standard InChI is InChI=1S/C12H12O5.C11H10F2O3.C11H12O4.C11H12O3.C10H18N2O2.C9H17NO3.C9H17NO/c1-6(2)10(13)8-4-3-7(11(14)15)5-9(8)12(16)17;1-5(2)10(14)6-3-8(12)9(13)4-7(6)11(15)16;1-6(2)10(13)7-4-3-5-8(12)9(7)11(14)15;1-7(2)10(12)8-5-3-4-6-9(8)11(13)14;1-7(2)10(14)8-4-3-5-12(8)9(13)6-11;1-6(2)8(11)5-4-7(10)9(12)13-3;1-6(2)9(11)7-3-4-8(10)5-7/h3-6H,1-2H3,(H,14,15)(H,16,17);3-5H,1-2H3,(H,15,16);3-6,12H,1-2H3,(H,14,15);3-7H,1-2H3,(H,13,14);7-8H,3-6,11H2,1-2H3;6-7H,4-5,10H2,1-3H3;6-8H,3-5,10H2,1-2H3/t;;;;8-;7-;/m....00./s1. The van der Waals surface area contributed by atoms with Crippen LogP contribution in [0.2, 0.25) is 0 Å². The predicted octanol–water partition coefficient (Wildman–Crippen LogP) is 10.6. The van der Waals surface area contributed by atoms with Crippen molar-refractivity contribution in [1.82, 2.24) is 4.90 Å². The Morgan fingerprint density at radius 2 is 0.950 bits per heavy atom. The zero-order valence-corrected chi connectivity index (χ0v) is 59.4. The van der Waals surface area contributed by atoms with Crippen LogP contribution in [0.5, 0.6) is 5.75 Å². The van der Waals surface area contributed by atoms with Crippen molar-refractivity contribution in [2.75, 3.05) is 20.2 Å². The number of aromatic carboxylic acids is 5. The Morgan fingerprint density at radius 1 is 0.510 bits per heavy atom. The number of carboxylic acid groups (broad SMARTS) is 5. The lowest BCUT2D eigenvalue weighted by molar-refractivity contribution is -0.142. The number of esters is 1. The zero-order valence-electron chi connectivity index (χ0n) is 59.4. The van der Waals surface area contributed by atoms with E-state index in [-0.39, 0.29) is 145 Å². The minimum absolute atomic E-state index is 0.00186. The maximum absolute atomic E-state index is 12.9. The van der Waals surface area contributed by atoms with Crippen molar-refractivity contribution >= 4 is 82.2 Å². The van der Waals surface area contributed by atoms with E-state index in [0.29, 0.717) is 37.3 Å². The van der Waals surface area contributed by atoms with Crippen molar-refractivity contribution in [2.45, 2.75) is 160 Å². The van der Waals surface area contributed by atoms with E-state index in [2.05, 4.69) is 4.74 Å². The molecule has 550 valence electrons. The molecule has 100 heavy (non-hydrogen) atoms. The smallest absolute Gasteiger partial charge is 0.340 e. The number of ether oxygens (including phenoxy) is 1. The summed E-state index contributed by atoms with van der Waals surface area (Å²) in [5.74, 6) is -11.3. The number of phenols is 1. The largest absolute Gasteiger partial charge is 0.507 e. The van der Waals surface area contributed by atoms with E-state index >= 15 is 0 Å². The van der Waals surface area contributed by atoms with Gasteiger partial charge in [-0.15, -0.1) is 0 Å². The molecule has 0 bridgehead atoms. The summed E-state index contributed by atoms with van der Waals surface area (Å²) in [5, 5.41) is 53.5. The number of aromatic hydroxyl groups is 1. The van der Waals surface area contributed by atoms with Crippen LogP contribution in [0, 0.1) is 59.0 Å². The van der Waals surface area contributed by atoms with Crippen molar-refractivity contribution in [3.8, 4) is 5.75 Å². The maximum atomic E-state index is 12.9. The summed E-state index contributed by atoms with van der Waals surface area (Å²) < 4.78 is 30.2. The van der Waals surface area contributed by atoms with Gasteiger partial charge < -0.3 is 57.5 Å². The van der Waals surface area contributed by atoms with E-state index in [1.807, 2.05) is 41.5 Å². The molecule has 25 nitrogen and oxygen atoms in total. The van der Waals surface area contributed by atoms with Crippen LogP contribution >= 0.6 is 0 Å². The number of carbonyl (C=O) groups is 14. The van der Waals surface area contributed by atoms with Crippen molar-refractivity contribution in [3.05, 3.63) is 135 Å². The second-order valence-corrected chi connectivity index (χ2v) is 25.5.